The highest BCUT2D eigenvalue weighted by Gasteiger charge is 2.51. The van der Waals surface area contributed by atoms with E-state index in [9.17, 15) is 9.59 Å². The molecule has 1 saturated heterocycles. The average molecular weight is 667 g/mol. The van der Waals surface area contributed by atoms with Crippen molar-refractivity contribution in [2.45, 2.75) is 108 Å². The predicted molar refractivity (Wildman–Crippen MR) is 187 cm³/mol. The van der Waals surface area contributed by atoms with Crippen molar-refractivity contribution in [3.05, 3.63) is 59.8 Å². The van der Waals surface area contributed by atoms with Crippen LogP contribution in [0.1, 0.15) is 107 Å². The molecule has 0 spiro atoms. The minimum absolute atomic E-state index is 0.0602. The summed E-state index contributed by atoms with van der Waals surface area (Å²) in [5.41, 5.74) is 4.60. The second kappa shape index (κ2) is 12.8. The highest BCUT2D eigenvalue weighted by atomic mass is 16.6. The number of methoxy groups -OCH3 is 1. The predicted octanol–water partition coefficient (Wildman–Crippen LogP) is 8.20. The van der Waals surface area contributed by atoms with Gasteiger partial charge in [-0.1, -0.05) is 19.1 Å². The van der Waals surface area contributed by atoms with Gasteiger partial charge in [0.25, 0.3) is 0 Å². The molecule has 49 heavy (non-hydrogen) atoms. The van der Waals surface area contributed by atoms with Gasteiger partial charge in [-0.25, -0.2) is 14.8 Å². The molecule has 0 unspecified atom stereocenters. The van der Waals surface area contributed by atoms with E-state index >= 15 is 0 Å². The van der Waals surface area contributed by atoms with Crippen molar-refractivity contribution in [1.82, 2.24) is 14.9 Å². The van der Waals surface area contributed by atoms with Gasteiger partial charge in [-0.3, -0.25) is 9.69 Å². The molecular weight excluding hydrogens is 616 g/mol. The Morgan fingerprint density at radius 1 is 0.980 bits per heavy atom. The number of hydrogen-bond donors (Lipinski definition) is 0. The number of nitrogens with zero attached hydrogens (tertiary/aromatic N) is 4. The number of benzene rings is 1. The zero-order valence-electron chi connectivity index (χ0n) is 29.3. The minimum Gasteiger partial charge on any atom is -0.496 e. The fourth-order valence-electron chi connectivity index (χ4n) is 9.13. The minimum atomic E-state index is -0.206. The number of oxazole rings is 1. The Morgan fingerprint density at radius 3 is 2.37 bits per heavy atom. The number of aromatic nitrogens is 2. The van der Waals surface area contributed by atoms with Crippen molar-refractivity contribution in [3.63, 3.8) is 0 Å². The van der Waals surface area contributed by atoms with Crippen LogP contribution < -0.4 is 9.64 Å². The average Bonchev–Trinajstić information content (AvgIpc) is 3.85. The first kappa shape index (κ1) is 32.3. The Morgan fingerprint density at radius 2 is 1.71 bits per heavy atom. The molecule has 3 aromatic rings. The van der Waals surface area contributed by atoms with Gasteiger partial charge in [0.1, 0.15) is 29.6 Å². The Labute approximate surface area is 289 Å². The van der Waals surface area contributed by atoms with Crippen molar-refractivity contribution in [1.29, 1.82) is 0 Å². The maximum absolute atomic E-state index is 14.6. The topological polar surface area (TPSA) is 98.0 Å². The number of pyridine rings is 1. The molecule has 0 atom stereocenters. The van der Waals surface area contributed by atoms with Gasteiger partial charge < -0.3 is 18.8 Å². The van der Waals surface area contributed by atoms with Crippen molar-refractivity contribution in [2.75, 3.05) is 31.6 Å². The van der Waals surface area contributed by atoms with Gasteiger partial charge in [-0.05, 0) is 130 Å². The van der Waals surface area contributed by atoms with Crippen molar-refractivity contribution in [2.24, 2.45) is 17.3 Å². The van der Waals surface area contributed by atoms with Crippen molar-refractivity contribution < 1.29 is 23.5 Å². The van der Waals surface area contributed by atoms with E-state index in [4.69, 9.17) is 23.9 Å². The van der Waals surface area contributed by atoms with Gasteiger partial charge in [0.15, 0.2) is 5.89 Å². The summed E-state index contributed by atoms with van der Waals surface area (Å²) in [7, 11) is 1.74. The van der Waals surface area contributed by atoms with Gasteiger partial charge in [-0.2, -0.15) is 0 Å². The Balaban J connectivity index is 1.01. The molecule has 9 heteroatoms. The number of amides is 2. The van der Waals surface area contributed by atoms with Crippen LogP contribution in [0.25, 0.3) is 11.3 Å². The molecule has 260 valence electrons. The molecule has 2 bridgehead atoms. The first-order valence-corrected chi connectivity index (χ1v) is 18.6. The zero-order valence-corrected chi connectivity index (χ0v) is 29.3. The van der Waals surface area contributed by atoms with E-state index in [0.717, 1.165) is 87.4 Å². The van der Waals surface area contributed by atoms with Gasteiger partial charge in [0.2, 0.25) is 5.91 Å². The van der Waals surface area contributed by atoms with Crippen LogP contribution in [0.5, 0.6) is 5.75 Å². The van der Waals surface area contributed by atoms with Crippen LogP contribution in [-0.4, -0.2) is 59.7 Å². The summed E-state index contributed by atoms with van der Waals surface area (Å²) in [6, 6.07) is 10.7. The third-order valence-corrected chi connectivity index (χ3v) is 12.5. The van der Waals surface area contributed by atoms with Gasteiger partial charge in [0, 0.05) is 43.2 Å². The second-order valence-electron chi connectivity index (χ2n) is 16.0. The standard InChI is InChI=1S/C40H50N4O5/c1-26-22-43(23-26)38(46)49-32-9-6-29(7-10-32)37(45)44(35-21-30(12-19-41-35)33-24-48-36(42-33)28-4-5-28)25-39-13-16-40(17-14-39,18-15-39)31-8-11-34(47-3)27(2)20-31/h8,11-12,19-21,24,26,28-29,32H,4-7,9-10,13-18,22-23,25H2,1-3H3. The van der Waals surface area contributed by atoms with Crippen LogP contribution in [-0.2, 0) is 14.9 Å². The molecule has 2 aromatic heterocycles. The Kier molecular flexibility index (Phi) is 8.43. The molecule has 6 aliphatic rings. The van der Waals surface area contributed by atoms with E-state index < -0.39 is 0 Å². The Bertz CT molecular complexity index is 1680. The van der Waals surface area contributed by atoms with E-state index in [1.807, 2.05) is 17.0 Å². The van der Waals surface area contributed by atoms with Crippen LogP contribution >= 0.6 is 0 Å². The molecule has 0 radical (unpaired) electrons. The smallest absolute Gasteiger partial charge is 0.410 e. The summed E-state index contributed by atoms with van der Waals surface area (Å²) in [6.07, 6.45) is 15.0. The van der Waals surface area contributed by atoms with E-state index in [1.165, 1.54) is 11.1 Å². The number of fused-ring (bicyclic) bond motifs is 3. The van der Waals surface area contributed by atoms with Crippen molar-refractivity contribution in [3.8, 4) is 17.0 Å². The quantitative estimate of drug-likeness (QED) is 0.227. The lowest BCUT2D eigenvalue weighted by atomic mass is 9.51. The number of anilines is 1. The molecule has 5 saturated carbocycles. The van der Waals surface area contributed by atoms with E-state index in [-0.39, 0.29) is 34.9 Å². The van der Waals surface area contributed by atoms with E-state index in [2.05, 4.69) is 32.0 Å². The van der Waals surface area contributed by atoms with Crippen LogP contribution in [0, 0.1) is 24.2 Å². The third-order valence-electron chi connectivity index (χ3n) is 12.5. The molecule has 0 N–H and O–H groups in total. The highest BCUT2D eigenvalue weighted by molar-refractivity contribution is 5.95. The first-order chi connectivity index (χ1) is 23.7. The molecule has 9 rings (SSSR count). The molecule has 3 heterocycles. The first-order valence-electron chi connectivity index (χ1n) is 18.6. The number of rotatable bonds is 9. The summed E-state index contributed by atoms with van der Waals surface area (Å²) < 4.78 is 17.2. The number of likely N-dealkylation sites (tertiary alicyclic amines) is 1. The maximum Gasteiger partial charge on any atom is 0.410 e. The number of aryl methyl sites for hydroxylation is 1. The molecule has 9 nitrogen and oxygen atoms in total. The normalized spacial score (nSPS) is 28.2. The fraction of sp³-hybridized carbons (Fsp3) is 0.600. The molecular formula is C40H50N4O5. The summed E-state index contributed by atoms with van der Waals surface area (Å²) in [4.78, 5) is 40.6. The van der Waals surface area contributed by atoms with E-state index in [1.54, 1.807) is 24.5 Å². The summed E-state index contributed by atoms with van der Waals surface area (Å²) in [6.45, 7) is 6.50. The number of carbonyl (C=O) groups is 2. The lowest BCUT2D eigenvalue weighted by Gasteiger charge is -2.55. The van der Waals surface area contributed by atoms with Gasteiger partial charge in [-0.15, -0.1) is 0 Å². The molecule has 1 aliphatic heterocycles. The van der Waals surface area contributed by atoms with Crippen LogP contribution in [0.15, 0.2) is 47.2 Å². The lowest BCUT2D eigenvalue weighted by molar-refractivity contribution is -0.124. The molecule has 1 aromatic carbocycles. The molecule has 6 fully saturated rings. The summed E-state index contributed by atoms with van der Waals surface area (Å²) in [5.74, 6) is 3.44. The molecule has 5 aliphatic carbocycles. The van der Waals surface area contributed by atoms with Crippen LogP contribution in [0.2, 0.25) is 0 Å². The molecule has 2 amide bonds. The monoisotopic (exact) mass is 666 g/mol. The summed E-state index contributed by atoms with van der Waals surface area (Å²) in [5, 5.41) is 0. The number of ether oxygens (including phenoxy) is 2. The largest absolute Gasteiger partial charge is 0.496 e. The Hall–Kier alpha value is -3.88. The zero-order chi connectivity index (χ0) is 33.8. The van der Waals surface area contributed by atoms with Crippen molar-refractivity contribution >= 4 is 17.8 Å². The fourth-order valence-corrected chi connectivity index (χ4v) is 9.13. The summed E-state index contributed by atoms with van der Waals surface area (Å²) >= 11 is 0. The van der Waals surface area contributed by atoms with Crippen LogP contribution in [0.3, 0.4) is 0 Å². The lowest BCUT2D eigenvalue weighted by Crippen LogP contribution is -2.52. The van der Waals surface area contributed by atoms with Crippen LogP contribution in [0.4, 0.5) is 10.6 Å². The maximum atomic E-state index is 14.6. The SMILES string of the molecule is COc1ccc(C23CCC(CN(C(=O)C4CCC(OC(=O)N5CC(C)C5)CC4)c4cc(-c5coc(C6CC6)n5)ccn4)(CC2)CC3)cc1C. The number of hydrogen-bond acceptors (Lipinski definition) is 7. The van der Waals surface area contributed by atoms with E-state index in [0.29, 0.717) is 49.9 Å². The van der Waals surface area contributed by atoms with Gasteiger partial charge >= 0.3 is 6.09 Å². The highest BCUT2D eigenvalue weighted by Crippen LogP contribution is 2.58. The second-order valence-corrected chi connectivity index (χ2v) is 16.0. The third kappa shape index (κ3) is 6.34. The number of carbonyl (C=O) groups excluding carboxylic acids is 2. The van der Waals surface area contributed by atoms with Gasteiger partial charge in [0.05, 0.1) is 7.11 Å².